The van der Waals surface area contributed by atoms with Crippen molar-refractivity contribution in [1.29, 1.82) is 0 Å². The third-order valence-electron chi connectivity index (χ3n) is 5.83. The first-order valence-electron chi connectivity index (χ1n) is 10.9. The van der Waals surface area contributed by atoms with Gasteiger partial charge < -0.3 is 4.90 Å². The Morgan fingerprint density at radius 3 is 2.35 bits per heavy atom. The molecule has 2 aromatic rings. The first-order valence-corrected chi connectivity index (χ1v) is 12.3. The van der Waals surface area contributed by atoms with Gasteiger partial charge in [-0.2, -0.15) is 4.31 Å². The summed E-state index contributed by atoms with van der Waals surface area (Å²) in [6.07, 6.45) is 1.22. The van der Waals surface area contributed by atoms with Crippen LogP contribution in [0.1, 0.15) is 68.5 Å². The Hall–Kier alpha value is -1.84. The van der Waals surface area contributed by atoms with Gasteiger partial charge in [0.15, 0.2) is 0 Å². The third kappa shape index (κ3) is 5.32. The second-order valence-corrected chi connectivity index (χ2v) is 11.2. The Morgan fingerprint density at radius 1 is 1.19 bits per heavy atom. The molecule has 0 saturated carbocycles. The van der Waals surface area contributed by atoms with E-state index < -0.39 is 10.0 Å². The molecule has 2 heterocycles. The van der Waals surface area contributed by atoms with E-state index in [4.69, 9.17) is 0 Å². The van der Waals surface area contributed by atoms with E-state index >= 15 is 0 Å². The number of rotatable bonds is 8. The highest BCUT2D eigenvalue weighted by molar-refractivity contribution is 7.89. The molecule has 172 valence electrons. The Morgan fingerprint density at radius 2 is 1.81 bits per heavy atom. The van der Waals surface area contributed by atoms with E-state index in [1.54, 1.807) is 12.1 Å². The molecule has 1 aliphatic heterocycles. The summed E-state index contributed by atoms with van der Waals surface area (Å²) in [6.45, 7) is 9.92. The molecule has 0 aliphatic carbocycles. The molecule has 0 bridgehead atoms. The van der Waals surface area contributed by atoms with Crippen molar-refractivity contribution in [3.63, 3.8) is 0 Å². The number of halogens is 1. The number of nitrogens with zero attached hydrogens (tertiary/aromatic N) is 4. The molecule has 1 N–H and O–H groups in total. The summed E-state index contributed by atoms with van der Waals surface area (Å²) in [4.78, 5) is 6.41. The number of nitrogens with one attached hydrogen (secondary N) is 1. The van der Waals surface area contributed by atoms with E-state index in [-0.39, 0.29) is 22.8 Å². The molecular weight excluding hydrogens is 417 g/mol. The summed E-state index contributed by atoms with van der Waals surface area (Å²) in [6, 6.07) is 3.13. The standard InChI is InChI=1S/C22H34FN5O2S/c1-14(2)18-9-17(23)10-19(15(3)4)20(18)11-21-24-22(26-25-21)31(29,30)28-8-7-16(13-28)12-27(5)6/h9-10,14-16H,7-8,11-13H2,1-6H3,(H,24,25,26). The Balaban J connectivity index is 1.85. The molecule has 3 rings (SSSR count). The lowest BCUT2D eigenvalue weighted by Crippen LogP contribution is -2.31. The predicted octanol–water partition coefficient (Wildman–Crippen LogP) is 3.35. The maximum absolute atomic E-state index is 14.2. The average Bonchev–Trinajstić information content (AvgIpc) is 3.32. The molecule has 31 heavy (non-hydrogen) atoms. The zero-order chi connectivity index (χ0) is 22.9. The number of sulfonamides is 1. The molecule has 1 fully saturated rings. The number of H-pyrrole nitrogens is 1. The molecule has 7 nitrogen and oxygen atoms in total. The van der Waals surface area contributed by atoms with Crippen LogP contribution in [0.15, 0.2) is 17.3 Å². The van der Waals surface area contributed by atoms with Crippen molar-refractivity contribution in [3.05, 3.63) is 40.5 Å². The van der Waals surface area contributed by atoms with Crippen LogP contribution in [0.4, 0.5) is 4.39 Å². The van der Waals surface area contributed by atoms with Crippen LogP contribution in [-0.4, -0.2) is 66.5 Å². The molecule has 9 heteroatoms. The van der Waals surface area contributed by atoms with Crippen molar-refractivity contribution in [3.8, 4) is 0 Å². The van der Waals surface area contributed by atoms with Gasteiger partial charge in [0, 0.05) is 26.1 Å². The van der Waals surface area contributed by atoms with Crippen molar-refractivity contribution in [2.75, 3.05) is 33.7 Å². The third-order valence-corrected chi connectivity index (χ3v) is 7.48. The molecule has 1 atom stereocenters. The molecule has 1 aromatic carbocycles. The van der Waals surface area contributed by atoms with Gasteiger partial charge in [0.05, 0.1) is 0 Å². The smallest absolute Gasteiger partial charge is 0.282 e. The molecule has 1 saturated heterocycles. The number of benzene rings is 1. The highest BCUT2D eigenvalue weighted by atomic mass is 32.2. The zero-order valence-electron chi connectivity index (χ0n) is 19.3. The number of hydrogen-bond acceptors (Lipinski definition) is 5. The summed E-state index contributed by atoms with van der Waals surface area (Å²) in [5, 5.41) is 6.65. The molecule has 0 spiro atoms. The van der Waals surface area contributed by atoms with Crippen molar-refractivity contribution in [2.24, 2.45) is 5.92 Å². The van der Waals surface area contributed by atoms with Crippen molar-refractivity contribution in [1.82, 2.24) is 24.4 Å². The minimum Gasteiger partial charge on any atom is -0.309 e. The van der Waals surface area contributed by atoms with Crippen molar-refractivity contribution >= 4 is 10.0 Å². The van der Waals surface area contributed by atoms with Gasteiger partial charge in [-0.3, -0.25) is 5.10 Å². The van der Waals surface area contributed by atoms with Gasteiger partial charge in [-0.25, -0.2) is 17.8 Å². The maximum Gasteiger partial charge on any atom is 0.282 e. The van der Waals surface area contributed by atoms with Crippen molar-refractivity contribution in [2.45, 2.75) is 57.5 Å². The second kappa shape index (κ2) is 9.34. The SMILES string of the molecule is CC(C)c1cc(F)cc(C(C)C)c1Cc1nc(S(=O)(=O)N2CCC(CN(C)C)C2)n[nH]1. The molecule has 0 radical (unpaired) electrons. The summed E-state index contributed by atoms with van der Waals surface area (Å²) in [5.41, 5.74) is 2.81. The van der Waals surface area contributed by atoms with Crippen molar-refractivity contribution < 1.29 is 12.8 Å². The number of aromatic amines is 1. The lowest BCUT2D eigenvalue weighted by atomic mass is 9.87. The number of hydrogen-bond donors (Lipinski definition) is 1. The van der Waals surface area contributed by atoms with Gasteiger partial charge >= 0.3 is 0 Å². The molecule has 1 aromatic heterocycles. The van der Waals surface area contributed by atoms with Gasteiger partial charge in [0.2, 0.25) is 0 Å². The molecule has 0 amide bonds. The quantitative estimate of drug-likeness (QED) is 0.666. The summed E-state index contributed by atoms with van der Waals surface area (Å²) >= 11 is 0. The van der Waals surface area contributed by atoms with E-state index in [1.807, 2.05) is 41.8 Å². The Kier molecular flexibility index (Phi) is 7.18. The highest BCUT2D eigenvalue weighted by Crippen LogP contribution is 2.31. The first kappa shape index (κ1) is 23.8. The molecule has 1 aliphatic rings. The molecular formula is C22H34FN5O2S. The normalized spacial score (nSPS) is 18.1. The van der Waals surface area contributed by atoms with Gasteiger partial charge in [-0.1, -0.05) is 27.7 Å². The minimum absolute atomic E-state index is 0.132. The Labute approximate surface area is 185 Å². The van der Waals surface area contributed by atoms with Gasteiger partial charge in [0.1, 0.15) is 11.6 Å². The number of aromatic nitrogens is 3. The Bertz CT molecular complexity index is 988. The maximum atomic E-state index is 14.2. The van der Waals surface area contributed by atoms with Crippen LogP contribution in [0.3, 0.4) is 0 Å². The minimum atomic E-state index is -3.74. The zero-order valence-corrected chi connectivity index (χ0v) is 20.1. The monoisotopic (exact) mass is 451 g/mol. The fraction of sp³-hybridized carbons (Fsp3) is 0.636. The lowest BCUT2D eigenvalue weighted by molar-refractivity contribution is 0.329. The average molecular weight is 452 g/mol. The van der Waals surface area contributed by atoms with Crippen LogP contribution in [0.5, 0.6) is 0 Å². The first-order chi connectivity index (χ1) is 14.5. The van der Waals surface area contributed by atoms with E-state index in [1.165, 1.54) is 4.31 Å². The van der Waals surface area contributed by atoms with Crippen LogP contribution >= 0.6 is 0 Å². The largest absolute Gasteiger partial charge is 0.309 e. The fourth-order valence-corrected chi connectivity index (χ4v) is 5.72. The van der Waals surface area contributed by atoms with E-state index in [0.29, 0.717) is 31.3 Å². The van der Waals surface area contributed by atoms with E-state index in [0.717, 1.165) is 29.7 Å². The summed E-state index contributed by atoms with van der Waals surface area (Å²) < 4.78 is 41.8. The van der Waals surface area contributed by atoms with Crippen LogP contribution in [0.2, 0.25) is 0 Å². The van der Waals surface area contributed by atoms with Gasteiger partial charge in [0.25, 0.3) is 15.2 Å². The van der Waals surface area contributed by atoms with Gasteiger partial charge in [-0.15, -0.1) is 5.10 Å². The second-order valence-electron chi connectivity index (χ2n) is 9.39. The fourth-order valence-electron chi connectivity index (χ4n) is 4.35. The summed E-state index contributed by atoms with van der Waals surface area (Å²) in [7, 11) is 0.245. The van der Waals surface area contributed by atoms with Crippen LogP contribution in [-0.2, 0) is 16.4 Å². The van der Waals surface area contributed by atoms with Crippen LogP contribution < -0.4 is 0 Å². The van der Waals surface area contributed by atoms with Crippen LogP contribution in [0.25, 0.3) is 0 Å². The van der Waals surface area contributed by atoms with Crippen LogP contribution in [0, 0.1) is 11.7 Å². The summed E-state index contributed by atoms with van der Waals surface area (Å²) in [5.74, 6) is 0.793. The topological polar surface area (TPSA) is 82.2 Å². The predicted molar refractivity (Wildman–Crippen MR) is 119 cm³/mol. The molecule has 1 unspecified atom stereocenters. The van der Waals surface area contributed by atoms with E-state index in [2.05, 4.69) is 20.1 Å². The van der Waals surface area contributed by atoms with E-state index in [9.17, 15) is 12.8 Å². The van der Waals surface area contributed by atoms with Gasteiger partial charge in [-0.05, 0) is 67.1 Å². The highest BCUT2D eigenvalue weighted by Gasteiger charge is 2.35. The lowest BCUT2D eigenvalue weighted by Gasteiger charge is -2.19.